The molecule has 0 saturated heterocycles. The van der Waals surface area contributed by atoms with Crippen molar-refractivity contribution in [3.63, 3.8) is 0 Å². The highest BCUT2D eigenvalue weighted by Crippen LogP contribution is 2.03. The van der Waals surface area contributed by atoms with Crippen LogP contribution in [0.1, 0.15) is 24.8 Å². The molecule has 98 valence electrons. The van der Waals surface area contributed by atoms with E-state index in [1.165, 1.54) is 5.56 Å². The van der Waals surface area contributed by atoms with Crippen LogP contribution in [0, 0.1) is 23.7 Å². The van der Waals surface area contributed by atoms with E-state index in [9.17, 15) is 0 Å². The van der Waals surface area contributed by atoms with E-state index < -0.39 is 0 Å². The maximum Gasteiger partial charge on any atom is 0.108 e. The van der Waals surface area contributed by atoms with Crippen LogP contribution >= 0.6 is 0 Å². The molecule has 0 amide bonds. The van der Waals surface area contributed by atoms with Gasteiger partial charge >= 0.3 is 0 Å². The Morgan fingerprint density at radius 3 is 2.63 bits per heavy atom. The van der Waals surface area contributed by atoms with E-state index in [1.807, 2.05) is 6.07 Å². The monoisotopic (exact) mass is 252 g/mol. The summed E-state index contributed by atoms with van der Waals surface area (Å²) in [7, 11) is 0. The Balaban J connectivity index is 2.04. The predicted octanol–water partition coefficient (Wildman–Crippen LogP) is 3.61. The van der Waals surface area contributed by atoms with Gasteiger partial charge in [0.15, 0.2) is 0 Å². The zero-order valence-electron chi connectivity index (χ0n) is 11.3. The Hall–Kier alpha value is -1.96. The second-order valence-electron chi connectivity index (χ2n) is 4.03. The van der Waals surface area contributed by atoms with Gasteiger partial charge < -0.3 is 4.74 Å². The lowest BCUT2D eigenvalue weighted by Crippen LogP contribution is -1.89. The average Bonchev–Trinajstić information content (AvgIpc) is 2.46. The minimum absolute atomic E-state index is 0.460. The van der Waals surface area contributed by atoms with Gasteiger partial charge in [-0.15, -0.1) is 12.5 Å². The molecule has 0 radical (unpaired) electrons. The van der Waals surface area contributed by atoms with Crippen LogP contribution in [0.3, 0.4) is 0 Å². The van der Waals surface area contributed by atoms with E-state index in [2.05, 4.69) is 54.5 Å². The molecule has 0 aromatic heterocycles. The number of ether oxygens (including phenoxy) is 1. The fourth-order valence-corrected chi connectivity index (χ4v) is 1.53. The molecule has 0 bridgehead atoms. The van der Waals surface area contributed by atoms with Crippen LogP contribution in [0.2, 0.25) is 0 Å². The van der Waals surface area contributed by atoms with Gasteiger partial charge in [0.2, 0.25) is 0 Å². The Morgan fingerprint density at radius 2 is 1.84 bits per heavy atom. The van der Waals surface area contributed by atoms with Crippen LogP contribution < -0.4 is 0 Å². The molecule has 1 nitrogen and oxygen atoms in total. The number of unbranched alkanes of at least 4 members (excludes halogenated alkanes) is 1. The summed E-state index contributed by atoms with van der Waals surface area (Å²) in [6.45, 7) is 4.58. The van der Waals surface area contributed by atoms with Crippen molar-refractivity contribution in [1.29, 1.82) is 0 Å². The van der Waals surface area contributed by atoms with E-state index in [4.69, 9.17) is 4.74 Å². The molecule has 0 aliphatic carbocycles. The molecule has 19 heavy (non-hydrogen) atoms. The van der Waals surface area contributed by atoms with Crippen LogP contribution in [0.5, 0.6) is 0 Å². The summed E-state index contributed by atoms with van der Waals surface area (Å²) >= 11 is 0. The predicted molar refractivity (Wildman–Crippen MR) is 80.6 cm³/mol. The van der Waals surface area contributed by atoms with E-state index in [0.29, 0.717) is 19.6 Å². The van der Waals surface area contributed by atoms with Crippen LogP contribution in [0.15, 0.2) is 43.0 Å². The fourth-order valence-electron chi connectivity index (χ4n) is 1.53. The van der Waals surface area contributed by atoms with Crippen molar-refractivity contribution in [2.75, 3.05) is 13.2 Å². The number of benzene rings is 1. The second-order valence-corrected chi connectivity index (χ2v) is 4.03. The van der Waals surface area contributed by atoms with Gasteiger partial charge in [-0.25, -0.2) is 0 Å². The zero-order chi connectivity index (χ0) is 13.6. The van der Waals surface area contributed by atoms with Crippen molar-refractivity contribution in [2.24, 2.45) is 0 Å². The third-order valence-corrected chi connectivity index (χ3v) is 2.45. The summed E-state index contributed by atoms with van der Waals surface area (Å²) < 4.78 is 5.14. The first-order chi connectivity index (χ1) is 9.43. The van der Waals surface area contributed by atoms with Crippen molar-refractivity contribution in [3.8, 4) is 23.7 Å². The Bertz CT molecular complexity index is 465. The minimum atomic E-state index is 0.460. The van der Waals surface area contributed by atoms with Gasteiger partial charge in [-0.3, -0.25) is 0 Å². The van der Waals surface area contributed by atoms with E-state index in [0.717, 1.165) is 19.3 Å². The normalized spacial score (nSPS) is 8.84. The minimum Gasteiger partial charge on any atom is -0.365 e. The molecular weight excluding hydrogens is 232 g/mol. The Kier molecular flexibility index (Phi) is 8.86. The van der Waals surface area contributed by atoms with Crippen LogP contribution in [0.25, 0.3) is 0 Å². The molecule has 0 aliphatic rings. The van der Waals surface area contributed by atoms with Gasteiger partial charge in [-0.2, -0.15) is 0 Å². The first-order valence-corrected chi connectivity index (χ1v) is 6.57. The van der Waals surface area contributed by atoms with Gasteiger partial charge in [0.25, 0.3) is 0 Å². The topological polar surface area (TPSA) is 9.23 Å². The molecule has 0 spiro atoms. The molecule has 0 atom stereocenters. The largest absolute Gasteiger partial charge is 0.365 e. The van der Waals surface area contributed by atoms with E-state index >= 15 is 0 Å². The smallest absolute Gasteiger partial charge is 0.108 e. The quantitative estimate of drug-likeness (QED) is 0.427. The molecule has 0 unspecified atom stereocenters. The molecule has 0 N–H and O–H groups in total. The summed E-state index contributed by atoms with van der Waals surface area (Å²) in [6.07, 6.45) is 5.48. The second kappa shape index (κ2) is 11.1. The average molecular weight is 252 g/mol. The van der Waals surface area contributed by atoms with Crippen LogP contribution in [-0.2, 0) is 11.2 Å². The molecule has 0 saturated carbocycles. The van der Waals surface area contributed by atoms with Crippen LogP contribution in [-0.4, -0.2) is 13.2 Å². The maximum absolute atomic E-state index is 5.14. The summed E-state index contributed by atoms with van der Waals surface area (Å²) in [6, 6.07) is 10.5. The first kappa shape index (κ1) is 15.1. The SMILES string of the molecule is C=CCOCC#CCC#CCCCc1ccccc1. The Labute approximate surface area is 116 Å². The van der Waals surface area contributed by atoms with E-state index in [1.54, 1.807) is 6.08 Å². The van der Waals surface area contributed by atoms with Gasteiger partial charge in [0, 0.05) is 6.42 Å². The number of aryl methyl sites for hydroxylation is 1. The lowest BCUT2D eigenvalue weighted by atomic mass is 10.1. The van der Waals surface area contributed by atoms with Crippen molar-refractivity contribution >= 4 is 0 Å². The standard InChI is InChI=1S/C18H20O/c1-2-16-19-17-12-7-5-3-4-6-9-13-18-14-10-8-11-15-18/h2,8,10-11,14-15H,1,5-6,9,13,16-17H2. The highest BCUT2D eigenvalue weighted by Gasteiger charge is 1.89. The number of rotatable bonds is 6. The van der Waals surface area contributed by atoms with Gasteiger partial charge in [0.1, 0.15) is 6.61 Å². The summed E-state index contributed by atoms with van der Waals surface area (Å²) in [5.41, 5.74) is 1.38. The van der Waals surface area contributed by atoms with Crippen molar-refractivity contribution in [1.82, 2.24) is 0 Å². The van der Waals surface area contributed by atoms with Crippen LogP contribution in [0.4, 0.5) is 0 Å². The lowest BCUT2D eigenvalue weighted by Gasteiger charge is -1.96. The summed E-state index contributed by atoms with van der Waals surface area (Å²) in [5.74, 6) is 12.1. The third-order valence-electron chi connectivity index (χ3n) is 2.45. The van der Waals surface area contributed by atoms with Gasteiger partial charge in [-0.1, -0.05) is 54.2 Å². The lowest BCUT2D eigenvalue weighted by molar-refractivity contribution is 0.199. The maximum atomic E-state index is 5.14. The number of hydrogen-bond acceptors (Lipinski definition) is 1. The van der Waals surface area contributed by atoms with Gasteiger partial charge in [0.05, 0.1) is 13.0 Å². The third kappa shape index (κ3) is 8.72. The number of hydrogen-bond donors (Lipinski definition) is 0. The molecule has 0 heterocycles. The van der Waals surface area contributed by atoms with Crippen molar-refractivity contribution < 1.29 is 4.74 Å². The highest BCUT2D eigenvalue weighted by molar-refractivity contribution is 5.15. The van der Waals surface area contributed by atoms with Crippen molar-refractivity contribution in [3.05, 3.63) is 48.6 Å². The van der Waals surface area contributed by atoms with Gasteiger partial charge in [-0.05, 0) is 18.4 Å². The van der Waals surface area contributed by atoms with Crippen molar-refractivity contribution in [2.45, 2.75) is 25.7 Å². The molecule has 1 rings (SSSR count). The molecule has 1 aromatic rings. The molecule has 0 fully saturated rings. The Morgan fingerprint density at radius 1 is 1.05 bits per heavy atom. The zero-order valence-corrected chi connectivity index (χ0v) is 11.3. The summed E-state index contributed by atoms with van der Waals surface area (Å²) in [4.78, 5) is 0. The van der Waals surface area contributed by atoms with E-state index in [-0.39, 0.29) is 0 Å². The molecule has 1 aromatic carbocycles. The molecule has 0 aliphatic heterocycles. The fraction of sp³-hybridized carbons (Fsp3) is 0.333. The molecular formula is C18H20O. The summed E-state index contributed by atoms with van der Waals surface area (Å²) in [5, 5.41) is 0. The highest BCUT2D eigenvalue weighted by atomic mass is 16.5. The molecule has 1 heteroatoms. The first-order valence-electron chi connectivity index (χ1n) is 6.57.